The van der Waals surface area contributed by atoms with Gasteiger partial charge in [-0.1, -0.05) is 23.2 Å². The van der Waals surface area contributed by atoms with Crippen LogP contribution in [0, 0.1) is 0 Å². The van der Waals surface area contributed by atoms with Crippen molar-refractivity contribution in [2.45, 2.75) is 62.7 Å². The molecule has 0 aliphatic heterocycles. The third kappa shape index (κ3) is 10.00. The van der Waals surface area contributed by atoms with Gasteiger partial charge < -0.3 is 20.5 Å². The van der Waals surface area contributed by atoms with Gasteiger partial charge in [0.1, 0.15) is 5.75 Å². The summed E-state index contributed by atoms with van der Waals surface area (Å²) in [5, 5.41) is 2.48. The van der Waals surface area contributed by atoms with Crippen molar-refractivity contribution in [1.29, 1.82) is 0 Å². The largest absolute Gasteiger partial charge is 0.455 e. The zero-order valence-corrected chi connectivity index (χ0v) is 26.8. The van der Waals surface area contributed by atoms with Crippen molar-refractivity contribution in [3.8, 4) is 11.5 Å². The molecule has 0 radical (unpaired) electrons. The van der Waals surface area contributed by atoms with E-state index in [9.17, 15) is 26.4 Å². The monoisotopic (exact) mass is 675 g/mol. The van der Waals surface area contributed by atoms with Crippen LogP contribution in [-0.2, 0) is 20.9 Å². The Kier molecular flexibility index (Phi) is 11.2. The first-order valence-electron chi connectivity index (χ1n) is 13.5. The maximum atomic E-state index is 13.3. The number of amides is 1. The Balaban J connectivity index is 1.72. The minimum absolute atomic E-state index is 0.0128. The lowest BCUT2D eigenvalue weighted by Gasteiger charge is -2.30. The van der Waals surface area contributed by atoms with Crippen LogP contribution in [-0.4, -0.2) is 38.6 Å². The summed E-state index contributed by atoms with van der Waals surface area (Å²) < 4.78 is 79.9. The summed E-state index contributed by atoms with van der Waals surface area (Å²) in [4.78, 5) is 12.2. The Bertz CT molecular complexity index is 1580. The molecule has 0 spiro atoms. The van der Waals surface area contributed by atoms with Gasteiger partial charge in [-0.15, -0.1) is 0 Å². The molecule has 0 heterocycles. The smallest absolute Gasteiger partial charge is 0.417 e. The number of sulfonamides is 1. The first-order chi connectivity index (χ1) is 20.3. The Morgan fingerprint density at radius 3 is 2.20 bits per heavy atom. The summed E-state index contributed by atoms with van der Waals surface area (Å²) in [6, 6.07) is 12.4. The Morgan fingerprint density at radius 2 is 1.59 bits per heavy atom. The zero-order valence-electron chi connectivity index (χ0n) is 24.5. The molecule has 8 nitrogen and oxygen atoms in total. The topological polar surface area (TPSA) is 120 Å². The van der Waals surface area contributed by atoms with E-state index in [-0.39, 0.29) is 33.7 Å². The predicted molar refractivity (Wildman–Crippen MR) is 165 cm³/mol. The second kappa shape index (κ2) is 13.9. The molecule has 0 unspecified atom stereocenters. The molecule has 0 fully saturated rings. The lowest BCUT2D eigenvalue weighted by Crippen LogP contribution is -2.44. The SMILES string of the molecule is CC(C)(CCOC(C)(C)CCN)NC(=O)c1ccc(Oc2ccc(Cl)cc2NS(=O)(=O)c2ccc(Cl)c(C(F)(F)F)c2)cc1. The molecule has 14 heteroatoms. The highest BCUT2D eigenvalue weighted by Crippen LogP contribution is 2.38. The van der Waals surface area contributed by atoms with E-state index in [4.69, 9.17) is 38.4 Å². The molecule has 0 aromatic heterocycles. The molecular weight excluding hydrogens is 642 g/mol. The second-order valence-electron chi connectivity index (χ2n) is 11.2. The fourth-order valence-electron chi connectivity index (χ4n) is 4.01. The van der Waals surface area contributed by atoms with Crippen LogP contribution in [0.2, 0.25) is 10.0 Å². The van der Waals surface area contributed by atoms with Gasteiger partial charge in [0.15, 0.2) is 5.75 Å². The standard InChI is InChI=1S/C30H34Cl2F3N3O5S/c1-28(2,14-16-42-29(3,4)13-15-36)37-27(39)19-5-8-21(9-6-19)43-26-12-7-20(31)17-25(26)38-44(40,41)22-10-11-24(32)23(18-22)30(33,34)35/h5-12,17-18,38H,13-16,36H2,1-4H3,(H,37,39). The van der Waals surface area contributed by atoms with Crippen molar-refractivity contribution in [1.82, 2.24) is 5.32 Å². The van der Waals surface area contributed by atoms with Crippen LogP contribution >= 0.6 is 23.2 Å². The van der Waals surface area contributed by atoms with Crippen molar-refractivity contribution < 1.29 is 35.9 Å². The van der Waals surface area contributed by atoms with Gasteiger partial charge in [0.2, 0.25) is 0 Å². The van der Waals surface area contributed by atoms with Gasteiger partial charge in [0.25, 0.3) is 15.9 Å². The maximum Gasteiger partial charge on any atom is 0.417 e. The molecule has 3 aromatic carbocycles. The van der Waals surface area contributed by atoms with Gasteiger partial charge in [-0.25, -0.2) is 8.42 Å². The Hall–Kier alpha value is -3.03. The fourth-order valence-corrected chi connectivity index (χ4v) is 5.49. The van der Waals surface area contributed by atoms with Crippen molar-refractivity contribution in [3.05, 3.63) is 81.8 Å². The van der Waals surface area contributed by atoms with Gasteiger partial charge in [-0.3, -0.25) is 9.52 Å². The van der Waals surface area contributed by atoms with Crippen LogP contribution in [0.25, 0.3) is 0 Å². The Morgan fingerprint density at radius 1 is 0.932 bits per heavy atom. The van der Waals surface area contributed by atoms with Crippen LogP contribution in [0.1, 0.15) is 56.5 Å². The van der Waals surface area contributed by atoms with Gasteiger partial charge >= 0.3 is 6.18 Å². The molecule has 1 amide bonds. The van der Waals surface area contributed by atoms with Crippen molar-refractivity contribution in [2.24, 2.45) is 5.73 Å². The number of halogens is 5. The lowest BCUT2D eigenvalue weighted by atomic mass is 9.99. The fraction of sp³-hybridized carbons (Fsp3) is 0.367. The first-order valence-corrected chi connectivity index (χ1v) is 15.7. The van der Waals surface area contributed by atoms with Crippen LogP contribution in [0.15, 0.2) is 65.6 Å². The first kappa shape index (κ1) is 35.4. The summed E-state index contributed by atoms with van der Waals surface area (Å²) in [7, 11) is -4.51. The number of anilines is 1. The highest BCUT2D eigenvalue weighted by atomic mass is 35.5. The van der Waals surface area contributed by atoms with E-state index in [1.807, 2.05) is 27.7 Å². The average molecular weight is 677 g/mol. The van der Waals surface area contributed by atoms with E-state index < -0.39 is 37.2 Å². The number of alkyl halides is 3. The van der Waals surface area contributed by atoms with E-state index in [1.165, 1.54) is 42.5 Å². The van der Waals surface area contributed by atoms with E-state index >= 15 is 0 Å². The number of hydrogen-bond acceptors (Lipinski definition) is 6. The molecule has 0 saturated carbocycles. The van der Waals surface area contributed by atoms with Crippen LogP contribution in [0.3, 0.4) is 0 Å². The lowest BCUT2D eigenvalue weighted by molar-refractivity contribution is -0.137. The van der Waals surface area contributed by atoms with Crippen molar-refractivity contribution in [3.63, 3.8) is 0 Å². The van der Waals surface area contributed by atoms with Crippen molar-refractivity contribution in [2.75, 3.05) is 17.9 Å². The number of rotatable bonds is 13. The molecule has 0 saturated heterocycles. The average Bonchev–Trinajstić information content (AvgIpc) is 2.89. The molecule has 44 heavy (non-hydrogen) atoms. The number of benzene rings is 3. The minimum Gasteiger partial charge on any atom is -0.455 e. The van der Waals surface area contributed by atoms with Crippen LogP contribution < -0.4 is 20.5 Å². The van der Waals surface area contributed by atoms with Crippen LogP contribution in [0.5, 0.6) is 11.5 Å². The van der Waals surface area contributed by atoms with E-state index in [0.29, 0.717) is 37.6 Å². The summed E-state index contributed by atoms with van der Waals surface area (Å²) >= 11 is 11.7. The molecule has 240 valence electrons. The second-order valence-corrected chi connectivity index (χ2v) is 13.8. The van der Waals surface area contributed by atoms with Gasteiger partial charge in [-0.2, -0.15) is 13.2 Å². The molecule has 0 aliphatic carbocycles. The van der Waals surface area contributed by atoms with Crippen LogP contribution in [0.4, 0.5) is 18.9 Å². The molecular formula is C30H34Cl2F3N3O5S. The quantitative estimate of drug-likeness (QED) is 0.171. The third-order valence-corrected chi connectivity index (χ3v) is 8.43. The summed E-state index contributed by atoms with van der Waals surface area (Å²) in [5.41, 5.74) is 3.64. The summed E-state index contributed by atoms with van der Waals surface area (Å²) in [5.74, 6) is -0.0484. The molecule has 3 rings (SSSR count). The number of carbonyl (C=O) groups is 1. The van der Waals surface area contributed by atoms with E-state index in [2.05, 4.69) is 10.0 Å². The number of nitrogens with two attached hydrogens (primary N) is 1. The zero-order chi connectivity index (χ0) is 32.9. The molecule has 3 aromatic rings. The molecule has 0 atom stereocenters. The third-order valence-electron chi connectivity index (χ3n) is 6.50. The molecule has 0 bridgehead atoms. The highest BCUT2D eigenvalue weighted by molar-refractivity contribution is 7.92. The summed E-state index contributed by atoms with van der Waals surface area (Å²) in [6.07, 6.45) is -3.58. The van der Waals surface area contributed by atoms with E-state index in [1.54, 1.807) is 0 Å². The number of nitrogens with one attached hydrogen (secondary N) is 2. The van der Waals surface area contributed by atoms with Gasteiger partial charge in [0, 0.05) is 22.7 Å². The summed E-state index contributed by atoms with van der Waals surface area (Å²) in [6.45, 7) is 8.64. The minimum atomic E-state index is -4.86. The molecule has 4 N–H and O–H groups in total. The molecule has 0 aliphatic rings. The van der Waals surface area contributed by atoms with Gasteiger partial charge in [0.05, 0.1) is 26.8 Å². The highest BCUT2D eigenvalue weighted by Gasteiger charge is 2.34. The number of carbonyl (C=O) groups excluding carboxylic acids is 1. The van der Waals surface area contributed by atoms with E-state index in [0.717, 1.165) is 12.1 Å². The predicted octanol–water partition coefficient (Wildman–Crippen LogP) is 7.65. The number of ether oxygens (including phenoxy) is 2. The van der Waals surface area contributed by atoms with Crippen molar-refractivity contribution >= 4 is 44.8 Å². The number of hydrogen-bond donors (Lipinski definition) is 3. The van der Waals surface area contributed by atoms with Gasteiger partial charge in [-0.05, 0) is 108 Å². The maximum absolute atomic E-state index is 13.3. The Labute approximate surface area is 265 Å². The normalized spacial score (nSPS) is 12.6.